The van der Waals surface area contributed by atoms with Gasteiger partial charge in [0.1, 0.15) is 6.17 Å². The summed E-state index contributed by atoms with van der Waals surface area (Å²) in [4.78, 5) is 25.8. The van der Waals surface area contributed by atoms with E-state index in [0.717, 1.165) is 17.5 Å². The number of fused-ring (bicyclic) bond motifs is 3. The second-order valence-electron chi connectivity index (χ2n) is 9.03. The number of aryl methyl sites for hydroxylation is 1. The number of nitrogens with zero attached hydrogens (tertiary/aromatic N) is 1. The zero-order valence-corrected chi connectivity index (χ0v) is 18.7. The summed E-state index contributed by atoms with van der Waals surface area (Å²) in [6.07, 6.45) is 1.85. The zero-order valence-electron chi connectivity index (χ0n) is 18.0. The van der Waals surface area contributed by atoms with Crippen LogP contribution in [0.5, 0.6) is 0 Å². The van der Waals surface area contributed by atoms with E-state index < -0.39 is 0 Å². The van der Waals surface area contributed by atoms with Crippen LogP contribution in [0.1, 0.15) is 42.0 Å². The molecular weight excluding hydrogens is 426 g/mol. The van der Waals surface area contributed by atoms with E-state index in [1.165, 1.54) is 5.56 Å². The van der Waals surface area contributed by atoms with Gasteiger partial charge >= 0.3 is 0 Å². The minimum Gasteiger partial charge on any atom is -0.352 e. The lowest BCUT2D eigenvalue weighted by molar-refractivity contribution is -0.143. The lowest BCUT2D eigenvalue weighted by Crippen LogP contribution is -2.65. The molecule has 3 fully saturated rings. The molecule has 5 rings (SSSR count). The monoisotopic (exact) mass is 453 g/mol. The molecule has 0 spiro atoms. The third-order valence-corrected chi connectivity index (χ3v) is 7.20. The molecular formula is C24H28ClN5O2. The lowest BCUT2D eigenvalue weighted by atomic mass is 9.75. The first-order valence-corrected chi connectivity index (χ1v) is 11.6. The Morgan fingerprint density at radius 3 is 2.62 bits per heavy atom. The first-order valence-electron chi connectivity index (χ1n) is 11.2. The van der Waals surface area contributed by atoms with Crippen molar-refractivity contribution in [3.63, 3.8) is 0 Å². The second kappa shape index (κ2) is 8.83. The van der Waals surface area contributed by atoms with Crippen LogP contribution in [0.25, 0.3) is 0 Å². The summed E-state index contributed by atoms with van der Waals surface area (Å²) in [7, 11) is 0. The van der Waals surface area contributed by atoms with Crippen molar-refractivity contribution in [3.8, 4) is 0 Å². The molecule has 2 aromatic rings. The van der Waals surface area contributed by atoms with Gasteiger partial charge in [-0.05, 0) is 49.4 Å². The van der Waals surface area contributed by atoms with E-state index >= 15 is 0 Å². The molecule has 7 nitrogen and oxygen atoms in total. The maximum atomic E-state index is 12.9. The highest BCUT2D eigenvalue weighted by atomic mass is 35.5. The van der Waals surface area contributed by atoms with Crippen LogP contribution in [-0.2, 0) is 16.1 Å². The number of hydrogen-bond acceptors (Lipinski definition) is 5. The number of hydrazine groups is 2. The number of amides is 2. The van der Waals surface area contributed by atoms with Crippen molar-refractivity contribution in [1.29, 1.82) is 0 Å². The molecule has 1 saturated carbocycles. The van der Waals surface area contributed by atoms with Crippen LogP contribution in [0.3, 0.4) is 0 Å². The van der Waals surface area contributed by atoms with Crippen molar-refractivity contribution in [1.82, 2.24) is 26.6 Å². The summed E-state index contributed by atoms with van der Waals surface area (Å²) >= 11 is 6.03. The predicted molar refractivity (Wildman–Crippen MR) is 122 cm³/mol. The Hall–Kier alpha value is -2.45. The number of carbonyl (C=O) groups is 2. The summed E-state index contributed by atoms with van der Waals surface area (Å²) in [5.74, 6) is -0.0949. The molecule has 4 N–H and O–H groups in total. The third kappa shape index (κ3) is 4.13. The van der Waals surface area contributed by atoms with E-state index in [2.05, 4.69) is 38.7 Å². The Morgan fingerprint density at radius 1 is 1.12 bits per heavy atom. The van der Waals surface area contributed by atoms with Gasteiger partial charge in [-0.15, -0.1) is 0 Å². The van der Waals surface area contributed by atoms with Crippen LogP contribution in [0.2, 0.25) is 5.02 Å². The highest BCUT2D eigenvalue weighted by Gasteiger charge is 2.51. The van der Waals surface area contributed by atoms with Crippen LogP contribution in [0.4, 0.5) is 0 Å². The highest BCUT2D eigenvalue weighted by Crippen LogP contribution is 2.39. The van der Waals surface area contributed by atoms with Gasteiger partial charge in [0.2, 0.25) is 11.8 Å². The number of rotatable bonds is 4. The van der Waals surface area contributed by atoms with Gasteiger partial charge in [0, 0.05) is 23.5 Å². The average molecular weight is 454 g/mol. The molecule has 2 amide bonds. The first-order chi connectivity index (χ1) is 15.5. The largest absolute Gasteiger partial charge is 0.352 e. The van der Waals surface area contributed by atoms with Crippen LogP contribution in [0, 0.1) is 18.8 Å². The predicted octanol–water partition coefficient (Wildman–Crippen LogP) is 2.57. The average Bonchev–Trinajstić information content (AvgIpc) is 3.22. The molecule has 2 saturated heterocycles. The molecule has 8 heteroatoms. The minimum absolute atomic E-state index is 0.0394. The Balaban J connectivity index is 1.26. The maximum absolute atomic E-state index is 12.9. The molecule has 2 aliphatic heterocycles. The minimum atomic E-state index is -0.223. The topological polar surface area (TPSA) is 85.5 Å². The molecule has 0 bridgehead atoms. The fraction of sp³-hybridized carbons (Fsp3) is 0.417. The highest BCUT2D eigenvalue weighted by molar-refractivity contribution is 6.30. The van der Waals surface area contributed by atoms with Crippen LogP contribution in [0.15, 0.2) is 48.5 Å². The molecule has 3 aliphatic rings. The van der Waals surface area contributed by atoms with Gasteiger partial charge in [0.25, 0.3) is 0 Å². The molecule has 1 aliphatic carbocycles. The van der Waals surface area contributed by atoms with E-state index in [4.69, 9.17) is 11.6 Å². The van der Waals surface area contributed by atoms with Gasteiger partial charge in [-0.1, -0.05) is 53.6 Å². The van der Waals surface area contributed by atoms with Crippen molar-refractivity contribution in [2.45, 2.75) is 51.0 Å². The third-order valence-electron chi connectivity index (χ3n) is 6.95. The maximum Gasteiger partial charge on any atom is 0.226 e. The van der Waals surface area contributed by atoms with E-state index in [-0.39, 0.29) is 41.9 Å². The molecule has 0 aromatic heterocycles. The molecule has 0 radical (unpaired) electrons. The van der Waals surface area contributed by atoms with Gasteiger partial charge in [-0.2, -0.15) is 5.53 Å². The van der Waals surface area contributed by atoms with Gasteiger partial charge < -0.3 is 10.6 Å². The summed E-state index contributed by atoms with van der Waals surface area (Å²) in [5, 5.41) is 9.02. The molecule has 168 valence electrons. The standard InChI is InChI=1S/C24H28ClN5O2/c1-14-2-4-15(5-3-14)13-26-23(31)17-8-11-19-20(12-17)30-22(27-24(19)32)21(28-29-30)16-6-9-18(25)10-7-16/h2-7,9-10,17,19-22,28-29H,8,11-13H2,1H3,(H,26,31)(H,27,32). The number of nitrogens with one attached hydrogen (secondary N) is 4. The first kappa shape index (κ1) is 21.4. The van der Waals surface area contributed by atoms with Crippen molar-refractivity contribution in [2.75, 3.05) is 0 Å². The van der Waals surface area contributed by atoms with Gasteiger partial charge in [0.05, 0.1) is 12.0 Å². The number of hydrogen-bond donors (Lipinski definition) is 4. The summed E-state index contributed by atoms with van der Waals surface area (Å²) < 4.78 is 0. The van der Waals surface area contributed by atoms with Gasteiger partial charge in [-0.25, -0.2) is 10.4 Å². The van der Waals surface area contributed by atoms with E-state index in [0.29, 0.717) is 24.4 Å². The Labute approximate surface area is 192 Å². The van der Waals surface area contributed by atoms with Gasteiger partial charge in [-0.3, -0.25) is 9.59 Å². The molecule has 2 heterocycles. The molecule has 5 unspecified atom stereocenters. The quantitative estimate of drug-likeness (QED) is 0.571. The number of halogens is 1. The molecule has 5 atom stereocenters. The zero-order chi connectivity index (χ0) is 22.2. The summed E-state index contributed by atoms with van der Waals surface area (Å²) in [6.45, 7) is 2.57. The van der Waals surface area contributed by atoms with Crippen LogP contribution < -0.4 is 21.6 Å². The Bertz CT molecular complexity index is 996. The van der Waals surface area contributed by atoms with Gasteiger partial charge in [0.15, 0.2) is 0 Å². The van der Waals surface area contributed by atoms with Crippen molar-refractivity contribution < 1.29 is 9.59 Å². The van der Waals surface area contributed by atoms with E-state index in [1.54, 1.807) is 0 Å². The summed E-state index contributed by atoms with van der Waals surface area (Å²) in [6, 6.07) is 15.7. The van der Waals surface area contributed by atoms with Crippen LogP contribution >= 0.6 is 11.6 Å². The van der Waals surface area contributed by atoms with Crippen molar-refractivity contribution in [3.05, 3.63) is 70.2 Å². The van der Waals surface area contributed by atoms with Crippen molar-refractivity contribution in [2.24, 2.45) is 11.8 Å². The van der Waals surface area contributed by atoms with E-state index in [1.807, 2.05) is 43.3 Å². The Kier molecular flexibility index (Phi) is 5.90. The summed E-state index contributed by atoms with van der Waals surface area (Å²) in [5.41, 5.74) is 9.90. The fourth-order valence-electron chi connectivity index (χ4n) is 5.12. The SMILES string of the molecule is Cc1ccc(CNC(=O)C2CCC3C(=O)NC4C(c5ccc(Cl)cc5)NNN4C3C2)cc1. The molecule has 2 aromatic carbocycles. The Morgan fingerprint density at radius 2 is 1.88 bits per heavy atom. The van der Waals surface area contributed by atoms with Crippen molar-refractivity contribution >= 4 is 23.4 Å². The number of benzene rings is 2. The normalized spacial score (nSPS) is 29.7. The smallest absolute Gasteiger partial charge is 0.226 e. The molecule has 32 heavy (non-hydrogen) atoms. The fourth-order valence-corrected chi connectivity index (χ4v) is 5.25. The second-order valence-corrected chi connectivity index (χ2v) is 9.47. The van der Waals surface area contributed by atoms with Crippen LogP contribution in [-0.4, -0.2) is 29.0 Å². The van der Waals surface area contributed by atoms with E-state index in [9.17, 15) is 9.59 Å². The lowest BCUT2D eigenvalue weighted by Gasteiger charge is -2.46. The number of carbonyl (C=O) groups excluding carboxylic acids is 2.